The highest BCUT2D eigenvalue weighted by atomic mass is 32.2. The maximum Gasteiger partial charge on any atom is 0.240 e. The molecule has 2 aromatic rings. The van der Waals surface area contributed by atoms with E-state index in [0.717, 1.165) is 5.56 Å². The Morgan fingerprint density at radius 1 is 1.00 bits per heavy atom. The Bertz CT molecular complexity index is 717. The molecule has 0 bridgehead atoms. The van der Waals surface area contributed by atoms with Crippen molar-refractivity contribution in [2.45, 2.75) is 18.0 Å². The van der Waals surface area contributed by atoms with Gasteiger partial charge in [-0.2, -0.15) is 0 Å². The lowest BCUT2D eigenvalue weighted by molar-refractivity contribution is 0.580. The number of rotatable bonds is 6. The third-order valence-corrected chi connectivity index (χ3v) is 4.34. The molecule has 0 spiro atoms. The van der Waals surface area contributed by atoms with Gasteiger partial charge in [-0.05, 0) is 42.4 Å². The van der Waals surface area contributed by atoms with E-state index >= 15 is 0 Å². The van der Waals surface area contributed by atoms with E-state index in [1.165, 1.54) is 18.2 Å². The van der Waals surface area contributed by atoms with Crippen molar-refractivity contribution in [2.75, 3.05) is 7.05 Å². The van der Waals surface area contributed by atoms with E-state index < -0.39 is 10.0 Å². The van der Waals surface area contributed by atoms with Crippen molar-refractivity contribution < 1.29 is 12.8 Å². The van der Waals surface area contributed by atoms with E-state index in [1.54, 1.807) is 31.3 Å². The number of sulfonamides is 1. The highest BCUT2D eigenvalue weighted by Crippen LogP contribution is 2.12. The lowest BCUT2D eigenvalue weighted by atomic mass is 10.2. The number of nitrogens with one attached hydrogen (secondary N) is 2. The van der Waals surface area contributed by atoms with Crippen LogP contribution in [0.15, 0.2) is 53.4 Å². The van der Waals surface area contributed by atoms with Gasteiger partial charge in [0.25, 0.3) is 0 Å². The van der Waals surface area contributed by atoms with Crippen molar-refractivity contribution in [1.29, 1.82) is 0 Å². The second kappa shape index (κ2) is 6.80. The summed E-state index contributed by atoms with van der Waals surface area (Å²) in [4.78, 5) is 0.201. The van der Waals surface area contributed by atoms with Crippen LogP contribution in [-0.4, -0.2) is 15.5 Å². The minimum absolute atomic E-state index is 0.0519. The molecule has 2 aromatic carbocycles. The molecule has 0 saturated carbocycles. The van der Waals surface area contributed by atoms with Gasteiger partial charge in [-0.1, -0.05) is 24.3 Å². The van der Waals surface area contributed by atoms with Crippen molar-refractivity contribution in [3.8, 4) is 0 Å². The predicted octanol–water partition coefficient (Wildman–Crippen LogP) is 2.02. The van der Waals surface area contributed by atoms with Gasteiger partial charge in [0.05, 0.1) is 4.90 Å². The molecule has 0 radical (unpaired) electrons. The monoisotopic (exact) mass is 308 g/mol. The van der Waals surface area contributed by atoms with Crippen LogP contribution in [0.3, 0.4) is 0 Å². The van der Waals surface area contributed by atoms with E-state index in [4.69, 9.17) is 0 Å². The van der Waals surface area contributed by atoms with Crippen LogP contribution < -0.4 is 10.0 Å². The molecular weight excluding hydrogens is 291 g/mol. The van der Waals surface area contributed by atoms with Gasteiger partial charge in [0.2, 0.25) is 10.0 Å². The molecule has 2 rings (SSSR count). The van der Waals surface area contributed by atoms with E-state index in [-0.39, 0.29) is 17.3 Å². The maximum atomic E-state index is 13.1. The number of benzene rings is 2. The van der Waals surface area contributed by atoms with Gasteiger partial charge < -0.3 is 5.32 Å². The normalized spacial score (nSPS) is 11.5. The first-order valence-corrected chi connectivity index (χ1v) is 7.97. The Hall–Kier alpha value is -1.76. The highest BCUT2D eigenvalue weighted by molar-refractivity contribution is 7.89. The van der Waals surface area contributed by atoms with Crippen molar-refractivity contribution in [3.63, 3.8) is 0 Å². The molecule has 2 N–H and O–H groups in total. The van der Waals surface area contributed by atoms with Crippen molar-refractivity contribution in [1.82, 2.24) is 10.0 Å². The summed E-state index contributed by atoms with van der Waals surface area (Å²) in [6.45, 7) is 0.642. The number of halogens is 1. The quantitative estimate of drug-likeness (QED) is 0.858. The van der Waals surface area contributed by atoms with E-state index in [2.05, 4.69) is 10.0 Å². The molecule has 21 heavy (non-hydrogen) atoms. The summed E-state index contributed by atoms with van der Waals surface area (Å²) in [6, 6.07) is 12.5. The number of hydrogen-bond donors (Lipinski definition) is 2. The van der Waals surface area contributed by atoms with Gasteiger partial charge in [-0.15, -0.1) is 0 Å². The molecule has 6 heteroatoms. The van der Waals surface area contributed by atoms with Crippen molar-refractivity contribution in [3.05, 3.63) is 65.5 Å². The average Bonchev–Trinajstić information content (AvgIpc) is 2.46. The van der Waals surface area contributed by atoms with Crippen LogP contribution in [0.5, 0.6) is 0 Å². The Morgan fingerprint density at radius 2 is 1.67 bits per heavy atom. The lowest BCUT2D eigenvalue weighted by Crippen LogP contribution is -2.23. The van der Waals surface area contributed by atoms with Crippen LogP contribution in [0, 0.1) is 5.82 Å². The molecule has 0 aliphatic heterocycles. The third-order valence-electron chi connectivity index (χ3n) is 2.94. The molecule has 0 heterocycles. The second-order valence-corrected chi connectivity index (χ2v) is 6.40. The van der Waals surface area contributed by atoms with E-state index in [1.807, 2.05) is 6.07 Å². The van der Waals surface area contributed by atoms with E-state index in [9.17, 15) is 12.8 Å². The first-order valence-electron chi connectivity index (χ1n) is 6.49. The first-order chi connectivity index (χ1) is 10.0. The Labute approximate surface area is 124 Å². The molecule has 112 valence electrons. The van der Waals surface area contributed by atoms with Gasteiger partial charge in [0, 0.05) is 13.1 Å². The molecule has 0 unspecified atom stereocenters. The largest absolute Gasteiger partial charge is 0.316 e. The van der Waals surface area contributed by atoms with Crippen LogP contribution >= 0.6 is 0 Å². The van der Waals surface area contributed by atoms with Gasteiger partial charge in [-0.25, -0.2) is 17.5 Å². The molecule has 0 saturated heterocycles. The summed E-state index contributed by atoms with van der Waals surface area (Å²) in [7, 11) is -1.82. The van der Waals surface area contributed by atoms with Crippen LogP contribution in [0.2, 0.25) is 0 Å². The highest BCUT2D eigenvalue weighted by Gasteiger charge is 2.14. The standard InChI is InChI=1S/C15H17FN2O2S/c1-17-10-13-5-3-7-15(9-13)21(19,20)18-11-12-4-2-6-14(16)8-12/h2-9,17-18H,10-11H2,1H3. The first kappa shape index (κ1) is 15.6. The van der Waals surface area contributed by atoms with Crippen LogP contribution in [0.1, 0.15) is 11.1 Å². The minimum Gasteiger partial charge on any atom is -0.316 e. The van der Waals surface area contributed by atoms with Gasteiger partial charge >= 0.3 is 0 Å². The van der Waals surface area contributed by atoms with Gasteiger partial charge in [-0.3, -0.25) is 0 Å². The van der Waals surface area contributed by atoms with Crippen LogP contribution in [0.4, 0.5) is 4.39 Å². The Kier molecular flexibility index (Phi) is 5.06. The summed E-state index contributed by atoms with van der Waals surface area (Å²) in [6.07, 6.45) is 0. The molecule has 4 nitrogen and oxygen atoms in total. The SMILES string of the molecule is CNCc1cccc(S(=O)(=O)NCc2cccc(F)c2)c1. The number of hydrogen-bond acceptors (Lipinski definition) is 3. The summed E-state index contributed by atoms with van der Waals surface area (Å²) in [5.74, 6) is -0.386. The zero-order valence-corrected chi connectivity index (χ0v) is 12.5. The fourth-order valence-electron chi connectivity index (χ4n) is 1.94. The predicted molar refractivity (Wildman–Crippen MR) is 79.6 cm³/mol. The summed E-state index contributed by atoms with van der Waals surface area (Å²) in [5, 5.41) is 2.97. The summed E-state index contributed by atoms with van der Waals surface area (Å²) < 4.78 is 40.0. The fourth-order valence-corrected chi connectivity index (χ4v) is 3.02. The molecule has 0 aliphatic carbocycles. The van der Waals surface area contributed by atoms with Crippen molar-refractivity contribution in [2.24, 2.45) is 0 Å². The topological polar surface area (TPSA) is 58.2 Å². The Morgan fingerprint density at radius 3 is 2.33 bits per heavy atom. The molecule has 0 aliphatic rings. The van der Waals surface area contributed by atoms with Crippen molar-refractivity contribution >= 4 is 10.0 Å². The fraction of sp³-hybridized carbons (Fsp3) is 0.200. The second-order valence-electron chi connectivity index (χ2n) is 4.63. The smallest absolute Gasteiger partial charge is 0.240 e. The minimum atomic E-state index is -3.61. The summed E-state index contributed by atoms with van der Waals surface area (Å²) >= 11 is 0. The van der Waals surface area contributed by atoms with Gasteiger partial charge in [0.1, 0.15) is 5.82 Å². The zero-order valence-electron chi connectivity index (χ0n) is 11.6. The maximum absolute atomic E-state index is 13.1. The average molecular weight is 308 g/mol. The molecule has 0 amide bonds. The lowest BCUT2D eigenvalue weighted by Gasteiger charge is -2.08. The molecule has 0 aromatic heterocycles. The van der Waals surface area contributed by atoms with E-state index in [0.29, 0.717) is 12.1 Å². The van der Waals surface area contributed by atoms with Gasteiger partial charge in [0.15, 0.2) is 0 Å². The van der Waals surface area contributed by atoms with Crippen LogP contribution in [-0.2, 0) is 23.1 Å². The molecule has 0 fully saturated rings. The zero-order chi connectivity index (χ0) is 15.3. The molecule has 0 atom stereocenters. The van der Waals surface area contributed by atoms with Crippen LogP contribution in [0.25, 0.3) is 0 Å². The Balaban J connectivity index is 2.13. The third kappa shape index (κ3) is 4.35. The molecular formula is C15H17FN2O2S. The summed E-state index contributed by atoms with van der Waals surface area (Å²) in [5.41, 5.74) is 1.45.